The van der Waals surface area contributed by atoms with Gasteiger partial charge >= 0.3 is 0 Å². The lowest BCUT2D eigenvalue weighted by Crippen LogP contribution is -2.29. The zero-order valence-corrected chi connectivity index (χ0v) is 13.5. The molecule has 0 aliphatic heterocycles. The molecule has 3 heteroatoms. The van der Waals surface area contributed by atoms with Crippen LogP contribution >= 0.6 is 11.6 Å². The minimum Gasteiger partial charge on any atom is -0.310 e. The summed E-state index contributed by atoms with van der Waals surface area (Å²) in [5.74, 6) is 0.824. The molecule has 2 nitrogen and oxygen atoms in total. The first-order valence-electron chi connectivity index (χ1n) is 7.95. The number of nitrogens with one attached hydrogen (secondary N) is 1. The summed E-state index contributed by atoms with van der Waals surface area (Å²) in [5, 5.41) is 4.58. The molecule has 1 aliphatic carbocycles. The average molecular weight is 295 g/mol. The first-order valence-corrected chi connectivity index (χ1v) is 8.33. The van der Waals surface area contributed by atoms with Gasteiger partial charge in [-0.25, -0.2) is 0 Å². The zero-order valence-electron chi connectivity index (χ0n) is 12.7. The maximum Gasteiger partial charge on any atom is 0.0406 e. The lowest BCUT2D eigenvalue weighted by Gasteiger charge is -2.21. The van der Waals surface area contributed by atoms with Crippen LogP contribution < -0.4 is 5.32 Å². The Morgan fingerprint density at radius 1 is 1.20 bits per heavy atom. The van der Waals surface area contributed by atoms with E-state index in [1.165, 1.54) is 31.4 Å². The maximum absolute atomic E-state index is 5.98. The van der Waals surface area contributed by atoms with Crippen molar-refractivity contribution >= 4 is 11.6 Å². The van der Waals surface area contributed by atoms with E-state index >= 15 is 0 Å². The van der Waals surface area contributed by atoms with E-state index in [-0.39, 0.29) is 0 Å². The molecule has 20 heavy (non-hydrogen) atoms. The SMILES string of the molecule is CCN(CC)CCCNC(c1ccc(Cl)cc1)C1CC1. The second-order valence-electron chi connectivity index (χ2n) is 5.70. The normalized spacial score (nSPS) is 16.6. The molecule has 1 fully saturated rings. The van der Waals surface area contributed by atoms with Gasteiger partial charge in [0.1, 0.15) is 0 Å². The van der Waals surface area contributed by atoms with Crippen molar-refractivity contribution < 1.29 is 0 Å². The predicted molar refractivity (Wildman–Crippen MR) is 87.3 cm³/mol. The third kappa shape index (κ3) is 4.76. The topological polar surface area (TPSA) is 15.3 Å². The highest BCUT2D eigenvalue weighted by atomic mass is 35.5. The molecule has 1 aliphatic rings. The van der Waals surface area contributed by atoms with E-state index in [1.807, 2.05) is 12.1 Å². The van der Waals surface area contributed by atoms with Crippen LogP contribution in [0.15, 0.2) is 24.3 Å². The van der Waals surface area contributed by atoms with E-state index in [1.54, 1.807) is 0 Å². The van der Waals surface area contributed by atoms with Gasteiger partial charge in [0, 0.05) is 11.1 Å². The van der Waals surface area contributed by atoms with Crippen molar-refractivity contribution in [3.8, 4) is 0 Å². The monoisotopic (exact) mass is 294 g/mol. The van der Waals surface area contributed by atoms with Crippen LogP contribution in [0, 0.1) is 5.92 Å². The van der Waals surface area contributed by atoms with Crippen molar-refractivity contribution in [3.63, 3.8) is 0 Å². The molecule has 1 saturated carbocycles. The number of hydrogen-bond acceptors (Lipinski definition) is 2. The standard InChI is InChI=1S/C17H27ClN2/c1-3-20(4-2)13-5-12-19-17(14-6-7-14)15-8-10-16(18)11-9-15/h8-11,14,17,19H,3-7,12-13H2,1-2H3. The molecule has 0 spiro atoms. The number of halogens is 1. The zero-order chi connectivity index (χ0) is 14.4. The number of hydrogen-bond donors (Lipinski definition) is 1. The molecule has 1 aromatic carbocycles. The fraction of sp³-hybridized carbons (Fsp3) is 0.647. The van der Waals surface area contributed by atoms with Crippen LogP contribution in [0.25, 0.3) is 0 Å². The van der Waals surface area contributed by atoms with Crippen LogP contribution in [0.2, 0.25) is 5.02 Å². The summed E-state index contributed by atoms with van der Waals surface area (Å²) in [6, 6.07) is 8.86. The van der Waals surface area contributed by atoms with Gasteiger partial charge in [0.15, 0.2) is 0 Å². The molecule has 2 rings (SSSR count). The molecule has 0 bridgehead atoms. The quantitative estimate of drug-likeness (QED) is 0.690. The Kier molecular flexibility index (Phi) is 6.34. The minimum absolute atomic E-state index is 0.518. The molecule has 1 aromatic rings. The molecule has 1 atom stereocenters. The second kappa shape index (κ2) is 8.02. The Morgan fingerprint density at radius 2 is 1.85 bits per heavy atom. The van der Waals surface area contributed by atoms with Crippen molar-refractivity contribution in [1.82, 2.24) is 10.2 Å². The fourth-order valence-electron chi connectivity index (χ4n) is 2.76. The maximum atomic E-state index is 5.98. The smallest absolute Gasteiger partial charge is 0.0406 e. The molecule has 1 unspecified atom stereocenters. The Labute approximate surface area is 128 Å². The molecule has 0 aromatic heterocycles. The van der Waals surface area contributed by atoms with E-state index in [0.717, 1.165) is 30.6 Å². The Bertz CT molecular complexity index is 382. The summed E-state index contributed by atoms with van der Waals surface area (Å²) in [7, 11) is 0. The summed E-state index contributed by atoms with van der Waals surface area (Å²) in [5.41, 5.74) is 1.39. The highest BCUT2D eigenvalue weighted by molar-refractivity contribution is 6.30. The molecular weight excluding hydrogens is 268 g/mol. The van der Waals surface area contributed by atoms with Gasteiger partial charge in [0.25, 0.3) is 0 Å². The van der Waals surface area contributed by atoms with Gasteiger partial charge in [-0.05, 0) is 69.1 Å². The first kappa shape index (κ1) is 15.8. The third-order valence-corrected chi connectivity index (χ3v) is 4.48. The van der Waals surface area contributed by atoms with Gasteiger partial charge in [0.2, 0.25) is 0 Å². The number of benzene rings is 1. The predicted octanol–water partition coefficient (Wildman–Crippen LogP) is 4.11. The van der Waals surface area contributed by atoms with Crippen LogP contribution in [0.5, 0.6) is 0 Å². The van der Waals surface area contributed by atoms with Crippen LogP contribution in [-0.4, -0.2) is 31.1 Å². The Balaban J connectivity index is 1.80. The van der Waals surface area contributed by atoms with E-state index in [0.29, 0.717) is 6.04 Å². The number of rotatable bonds is 9. The summed E-state index contributed by atoms with van der Waals surface area (Å²) < 4.78 is 0. The fourth-order valence-corrected chi connectivity index (χ4v) is 2.88. The largest absolute Gasteiger partial charge is 0.310 e. The highest BCUT2D eigenvalue weighted by Crippen LogP contribution is 2.41. The van der Waals surface area contributed by atoms with Crippen LogP contribution in [0.4, 0.5) is 0 Å². The van der Waals surface area contributed by atoms with E-state index in [2.05, 4.69) is 36.2 Å². The van der Waals surface area contributed by atoms with Gasteiger partial charge in [-0.15, -0.1) is 0 Å². The third-order valence-electron chi connectivity index (χ3n) is 4.23. The molecule has 0 heterocycles. The molecule has 112 valence electrons. The van der Waals surface area contributed by atoms with Crippen molar-refractivity contribution in [2.45, 2.75) is 39.2 Å². The van der Waals surface area contributed by atoms with Gasteiger partial charge in [-0.1, -0.05) is 37.6 Å². The lowest BCUT2D eigenvalue weighted by atomic mass is 10.0. The van der Waals surface area contributed by atoms with Crippen molar-refractivity contribution in [2.75, 3.05) is 26.2 Å². The first-order chi connectivity index (χ1) is 9.74. The summed E-state index contributed by atoms with van der Waals surface area (Å²) in [6.45, 7) is 9.06. The van der Waals surface area contributed by atoms with Crippen molar-refractivity contribution in [1.29, 1.82) is 0 Å². The summed E-state index contributed by atoms with van der Waals surface area (Å²) in [6.07, 6.45) is 3.94. The van der Waals surface area contributed by atoms with Gasteiger partial charge in [0.05, 0.1) is 0 Å². The van der Waals surface area contributed by atoms with E-state index in [9.17, 15) is 0 Å². The van der Waals surface area contributed by atoms with Crippen LogP contribution in [-0.2, 0) is 0 Å². The van der Waals surface area contributed by atoms with E-state index < -0.39 is 0 Å². The lowest BCUT2D eigenvalue weighted by molar-refractivity contribution is 0.294. The number of nitrogens with zero attached hydrogens (tertiary/aromatic N) is 1. The Hall–Kier alpha value is -0.570. The van der Waals surface area contributed by atoms with Gasteiger partial charge in [-0.3, -0.25) is 0 Å². The molecule has 0 amide bonds. The van der Waals surface area contributed by atoms with E-state index in [4.69, 9.17) is 11.6 Å². The van der Waals surface area contributed by atoms with Crippen LogP contribution in [0.1, 0.15) is 44.7 Å². The highest BCUT2D eigenvalue weighted by Gasteiger charge is 2.31. The van der Waals surface area contributed by atoms with Gasteiger partial charge in [-0.2, -0.15) is 0 Å². The van der Waals surface area contributed by atoms with Crippen molar-refractivity contribution in [2.24, 2.45) is 5.92 Å². The molecular formula is C17H27ClN2. The summed E-state index contributed by atoms with van der Waals surface area (Å²) in [4.78, 5) is 2.48. The van der Waals surface area contributed by atoms with Crippen LogP contribution in [0.3, 0.4) is 0 Å². The summed E-state index contributed by atoms with van der Waals surface area (Å²) >= 11 is 5.98. The molecule has 0 saturated heterocycles. The second-order valence-corrected chi connectivity index (χ2v) is 6.14. The Morgan fingerprint density at radius 3 is 2.40 bits per heavy atom. The molecule has 1 N–H and O–H groups in total. The van der Waals surface area contributed by atoms with Crippen molar-refractivity contribution in [3.05, 3.63) is 34.9 Å². The molecule has 0 radical (unpaired) electrons. The van der Waals surface area contributed by atoms with Gasteiger partial charge < -0.3 is 10.2 Å². The minimum atomic E-state index is 0.518. The average Bonchev–Trinajstić information content (AvgIpc) is 3.29.